The molecular weight excluding hydrogens is 241 g/mol. The molecule has 2 fully saturated rings. The lowest BCUT2D eigenvalue weighted by Crippen LogP contribution is -2.49. The molecule has 0 amide bonds. The lowest BCUT2D eigenvalue weighted by atomic mass is 10.1. The summed E-state index contributed by atoms with van der Waals surface area (Å²) in [4.78, 5) is 5.09. The Labute approximate surface area is 114 Å². The zero-order chi connectivity index (χ0) is 13.2. The molecule has 0 radical (unpaired) electrons. The van der Waals surface area contributed by atoms with Gasteiger partial charge in [-0.1, -0.05) is 6.07 Å². The molecule has 2 saturated heterocycles. The van der Waals surface area contributed by atoms with Crippen molar-refractivity contribution in [1.82, 2.24) is 9.80 Å². The summed E-state index contributed by atoms with van der Waals surface area (Å²) in [6.45, 7) is 6.00. The van der Waals surface area contributed by atoms with Gasteiger partial charge in [0.2, 0.25) is 0 Å². The van der Waals surface area contributed by atoms with Crippen LogP contribution in [0.1, 0.15) is 24.0 Å². The van der Waals surface area contributed by atoms with E-state index in [1.54, 1.807) is 12.1 Å². The number of nitrogens with zero attached hydrogens (tertiary/aromatic N) is 2. The van der Waals surface area contributed by atoms with Gasteiger partial charge in [0.25, 0.3) is 0 Å². The second-order valence-corrected chi connectivity index (χ2v) is 5.68. The molecule has 2 aliphatic heterocycles. The summed E-state index contributed by atoms with van der Waals surface area (Å²) in [6, 6.07) is 5.73. The Bertz CT molecular complexity index is 449. The normalized spacial score (nSPS) is 24.6. The first-order valence-electron chi connectivity index (χ1n) is 7.20. The third-order valence-electron chi connectivity index (χ3n) is 4.45. The van der Waals surface area contributed by atoms with Gasteiger partial charge < -0.3 is 5.73 Å². The van der Waals surface area contributed by atoms with Crippen molar-refractivity contribution in [3.63, 3.8) is 0 Å². The monoisotopic (exact) mass is 263 g/mol. The first-order chi connectivity index (χ1) is 9.26. The molecule has 2 heterocycles. The highest BCUT2D eigenvalue weighted by Gasteiger charge is 2.30. The van der Waals surface area contributed by atoms with Crippen LogP contribution in [0, 0.1) is 5.82 Å². The van der Waals surface area contributed by atoms with Crippen LogP contribution < -0.4 is 5.73 Å². The number of hydrogen-bond acceptors (Lipinski definition) is 3. The molecule has 104 valence electrons. The van der Waals surface area contributed by atoms with Crippen LogP contribution >= 0.6 is 0 Å². The van der Waals surface area contributed by atoms with Gasteiger partial charge in [0.05, 0.1) is 0 Å². The number of piperazine rings is 1. The van der Waals surface area contributed by atoms with Crippen molar-refractivity contribution >= 4 is 0 Å². The fourth-order valence-electron chi connectivity index (χ4n) is 3.38. The van der Waals surface area contributed by atoms with Crippen molar-refractivity contribution < 1.29 is 4.39 Å². The average molecular weight is 263 g/mol. The highest BCUT2D eigenvalue weighted by atomic mass is 19.1. The molecule has 2 N–H and O–H groups in total. The molecule has 0 saturated carbocycles. The summed E-state index contributed by atoms with van der Waals surface area (Å²) in [6.07, 6.45) is 2.66. The zero-order valence-electron chi connectivity index (χ0n) is 11.3. The van der Waals surface area contributed by atoms with Crippen molar-refractivity contribution in [3.05, 3.63) is 35.1 Å². The van der Waals surface area contributed by atoms with Gasteiger partial charge in [-0.25, -0.2) is 4.39 Å². The molecule has 2 aliphatic rings. The first-order valence-corrected chi connectivity index (χ1v) is 7.20. The van der Waals surface area contributed by atoms with E-state index in [1.807, 2.05) is 6.07 Å². The molecule has 0 aliphatic carbocycles. The number of halogens is 1. The minimum atomic E-state index is -0.190. The van der Waals surface area contributed by atoms with Gasteiger partial charge in [-0.2, -0.15) is 0 Å². The van der Waals surface area contributed by atoms with Crippen LogP contribution in [0.3, 0.4) is 0 Å². The summed E-state index contributed by atoms with van der Waals surface area (Å²) in [5, 5.41) is 0. The van der Waals surface area contributed by atoms with E-state index in [0.29, 0.717) is 6.54 Å². The van der Waals surface area contributed by atoms with Gasteiger partial charge in [-0.3, -0.25) is 9.80 Å². The highest BCUT2D eigenvalue weighted by molar-refractivity contribution is 5.27. The summed E-state index contributed by atoms with van der Waals surface area (Å²) in [7, 11) is 0. The van der Waals surface area contributed by atoms with Gasteiger partial charge in [0.15, 0.2) is 0 Å². The molecule has 19 heavy (non-hydrogen) atoms. The van der Waals surface area contributed by atoms with E-state index in [2.05, 4.69) is 9.80 Å². The predicted octanol–water partition coefficient (Wildman–Crippen LogP) is 1.56. The summed E-state index contributed by atoms with van der Waals surface area (Å²) in [5.41, 5.74) is 7.83. The van der Waals surface area contributed by atoms with Gasteiger partial charge in [-0.15, -0.1) is 0 Å². The molecule has 1 unspecified atom stereocenters. The summed E-state index contributed by atoms with van der Waals surface area (Å²) >= 11 is 0. The quantitative estimate of drug-likeness (QED) is 0.898. The smallest absolute Gasteiger partial charge is 0.123 e. The Morgan fingerprint density at radius 1 is 1.21 bits per heavy atom. The Kier molecular flexibility index (Phi) is 3.82. The van der Waals surface area contributed by atoms with Gasteiger partial charge in [0, 0.05) is 38.8 Å². The topological polar surface area (TPSA) is 32.5 Å². The molecule has 0 bridgehead atoms. The van der Waals surface area contributed by atoms with E-state index in [4.69, 9.17) is 5.73 Å². The molecule has 0 aromatic heterocycles. The van der Waals surface area contributed by atoms with E-state index in [9.17, 15) is 4.39 Å². The lowest BCUT2D eigenvalue weighted by Gasteiger charge is -2.37. The maximum Gasteiger partial charge on any atom is 0.123 e. The second kappa shape index (κ2) is 5.57. The molecule has 1 atom stereocenters. The van der Waals surface area contributed by atoms with Gasteiger partial charge in [0.1, 0.15) is 5.82 Å². The Morgan fingerprint density at radius 3 is 2.95 bits per heavy atom. The Hall–Kier alpha value is -0.970. The van der Waals surface area contributed by atoms with E-state index in [-0.39, 0.29) is 5.82 Å². The number of fused-ring (bicyclic) bond motifs is 1. The number of rotatable bonds is 3. The zero-order valence-corrected chi connectivity index (χ0v) is 11.3. The van der Waals surface area contributed by atoms with Gasteiger partial charge in [-0.05, 0) is 42.6 Å². The van der Waals surface area contributed by atoms with Crippen LogP contribution in [0.4, 0.5) is 4.39 Å². The first kappa shape index (κ1) is 13.0. The third-order valence-corrected chi connectivity index (χ3v) is 4.45. The molecule has 4 heteroatoms. The van der Waals surface area contributed by atoms with Crippen molar-refractivity contribution in [2.45, 2.75) is 32.0 Å². The van der Waals surface area contributed by atoms with E-state index in [1.165, 1.54) is 31.5 Å². The number of benzene rings is 1. The molecular formula is C15H22FN3. The van der Waals surface area contributed by atoms with Crippen LogP contribution in [0.25, 0.3) is 0 Å². The van der Waals surface area contributed by atoms with Crippen LogP contribution in [0.15, 0.2) is 18.2 Å². The largest absolute Gasteiger partial charge is 0.326 e. The predicted molar refractivity (Wildman–Crippen MR) is 74.2 cm³/mol. The Morgan fingerprint density at radius 2 is 2.11 bits per heavy atom. The standard InChI is InChI=1S/C15H22FN3/c16-14-4-3-12(13(8-14)9-17)10-18-6-7-19-5-1-2-15(19)11-18/h3-4,8,15H,1-2,5-7,9-11,17H2. The summed E-state index contributed by atoms with van der Waals surface area (Å²) < 4.78 is 13.2. The second-order valence-electron chi connectivity index (χ2n) is 5.68. The minimum absolute atomic E-state index is 0.190. The maximum absolute atomic E-state index is 13.2. The minimum Gasteiger partial charge on any atom is -0.326 e. The van der Waals surface area contributed by atoms with E-state index in [0.717, 1.165) is 31.2 Å². The number of nitrogens with two attached hydrogens (primary N) is 1. The van der Waals surface area contributed by atoms with Crippen LogP contribution in [-0.4, -0.2) is 42.0 Å². The average Bonchev–Trinajstić information content (AvgIpc) is 2.88. The molecule has 1 aromatic carbocycles. The molecule has 0 spiro atoms. The fourth-order valence-corrected chi connectivity index (χ4v) is 3.38. The number of hydrogen-bond donors (Lipinski definition) is 1. The van der Waals surface area contributed by atoms with E-state index < -0.39 is 0 Å². The third kappa shape index (κ3) is 2.81. The molecule has 3 nitrogen and oxygen atoms in total. The highest BCUT2D eigenvalue weighted by Crippen LogP contribution is 2.23. The molecule has 3 rings (SSSR count). The lowest BCUT2D eigenvalue weighted by molar-refractivity contribution is 0.0991. The van der Waals surface area contributed by atoms with Crippen LogP contribution in [-0.2, 0) is 13.1 Å². The SMILES string of the molecule is NCc1cc(F)ccc1CN1CCN2CCCC2C1. The molecule has 1 aromatic rings. The summed E-state index contributed by atoms with van der Waals surface area (Å²) in [5.74, 6) is -0.190. The van der Waals surface area contributed by atoms with Crippen LogP contribution in [0.5, 0.6) is 0 Å². The van der Waals surface area contributed by atoms with Crippen molar-refractivity contribution in [1.29, 1.82) is 0 Å². The fraction of sp³-hybridized carbons (Fsp3) is 0.600. The van der Waals surface area contributed by atoms with Crippen LogP contribution in [0.2, 0.25) is 0 Å². The van der Waals surface area contributed by atoms with Crippen molar-refractivity contribution in [3.8, 4) is 0 Å². The van der Waals surface area contributed by atoms with Gasteiger partial charge >= 0.3 is 0 Å². The van der Waals surface area contributed by atoms with Crippen molar-refractivity contribution in [2.75, 3.05) is 26.2 Å². The van der Waals surface area contributed by atoms with Crippen molar-refractivity contribution in [2.24, 2.45) is 5.73 Å². The maximum atomic E-state index is 13.2. The Balaban J connectivity index is 1.68. The van der Waals surface area contributed by atoms with E-state index >= 15 is 0 Å².